The van der Waals surface area contributed by atoms with Crippen LogP contribution in [0.2, 0.25) is 0 Å². The molecule has 4 rings (SSSR count). The van der Waals surface area contributed by atoms with Gasteiger partial charge in [0.05, 0.1) is 12.7 Å². The first-order chi connectivity index (χ1) is 15.4. The maximum absolute atomic E-state index is 14.0. The van der Waals surface area contributed by atoms with Crippen molar-refractivity contribution < 1.29 is 14.0 Å². The van der Waals surface area contributed by atoms with E-state index in [-0.39, 0.29) is 24.2 Å². The third-order valence-corrected chi connectivity index (χ3v) is 6.74. The smallest absolute Gasteiger partial charge is 0.265 e. The van der Waals surface area contributed by atoms with Crippen LogP contribution in [0.15, 0.2) is 48.7 Å². The number of carbonyl (C=O) groups is 2. The molecule has 1 N–H and O–H groups in total. The monoisotopic (exact) mass is 452 g/mol. The minimum Gasteiger partial charge on any atom is -0.335 e. The summed E-state index contributed by atoms with van der Waals surface area (Å²) in [4.78, 5) is 33.9. The third-order valence-electron chi connectivity index (χ3n) is 5.73. The average molecular weight is 453 g/mol. The summed E-state index contributed by atoms with van der Waals surface area (Å²) < 4.78 is 14.0. The molecule has 2 amide bonds. The van der Waals surface area contributed by atoms with Crippen LogP contribution in [-0.4, -0.2) is 59.3 Å². The number of thiazole rings is 1. The Morgan fingerprint density at radius 2 is 1.81 bits per heavy atom. The van der Waals surface area contributed by atoms with E-state index in [1.807, 2.05) is 36.9 Å². The number of amides is 2. The van der Waals surface area contributed by atoms with E-state index >= 15 is 0 Å². The van der Waals surface area contributed by atoms with Gasteiger partial charge in [0.1, 0.15) is 15.7 Å². The Bertz CT molecular complexity index is 1140. The highest BCUT2D eigenvalue weighted by molar-refractivity contribution is 7.16. The molecule has 8 heteroatoms. The van der Waals surface area contributed by atoms with E-state index in [1.165, 1.54) is 23.6 Å². The molecular formula is C24H25FN4O2S. The zero-order valence-corrected chi connectivity index (χ0v) is 18.9. The second-order valence-electron chi connectivity index (χ2n) is 7.87. The van der Waals surface area contributed by atoms with E-state index < -0.39 is 0 Å². The van der Waals surface area contributed by atoms with Crippen LogP contribution in [0, 0.1) is 19.7 Å². The Balaban J connectivity index is 1.31. The molecule has 0 saturated carbocycles. The number of piperazine rings is 1. The predicted octanol–water partition coefficient (Wildman–Crippen LogP) is 3.96. The van der Waals surface area contributed by atoms with Crippen LogP contribution < -0.4 is 5.32 Å². The molecule has 0 spiro atoms. The zero-order chi connectivity index (χ0) is 22.7. The van der Waals surface area contributed by atoms with Gasteiger partial charge in [0, 0.05) is 37.4 Å². The van der Waals surface area contributed by atoms with Crippen molar-refractivity contribution in [1.29, 1.82) is 0 Å². The Kier molecular flexibility index (Phi) is 6.62. The molecule has 166 valence electrons. The summed E-state index contributed by atoms with van der Waals surface area (Å²) in [6.07, 6.45) is 1.51. The zero-order valence-electron chi connectivity index (χ0n) is 18.1. The number of hydrogen-bond acceptors (Lipinski definition) is 5. The van der Waals surface area contributed by atoms with Gasteiger partial charge in [-0.25, -0.2) is 9.37 Å². The maximum atomic E-state index is 14.0. The van der Waals surface area contributed by atoms with Crippen molar-refractivity contribution in [3.8, 4) is 10.6 Å². The van der Waals surface area contributed by atoms with Gasteiger partial charge < -0.3 is 10.2 Å². The molecule has 0 aliphatic carbocycles. The number of aryl methyl sites for hydroxylation is 1. The Hall–Kier alpha value is -3.10. The Morgan fingerprint density at radius 1 is 1.06 bits per heavy atom. The number of halogens is 1. The first-order valence-electron chi connectivity index (χ1n) is 10.5. The minimum atomic E-state index is -0.353. The summed E-state index contributed by atoms with van der Waals surface area (Å²) in [7, 11) is 0. The van der Waals surface area contributed by atoms with Crippen LogP contribution in [0.25, 0.3) is 10.6 Å². The summed E-state index contributed by atoms with van der Waals surface area (Å²) in [5.41, 5.74) is 3.43. The molecule has 0 radical (unpaired) electrons. The van der Waals surface area contributed by atoms with Crippen molar-refractivity contribution in [1.82, 2.24) is 14.8 Å². The molecule has 32 heavy (non-hydrogen) atoms. The van der Waals surface area contributed by atoms with E-state index in [0.29, 0.717) is 41.6 Å². The van der Waals surface area contributed by atoms with Crippen molar-refractivity contribution in [2.75, 3.05) is 38.0 Å². The van der Waals surface area contributed by atoms with Gasteiger partial charge in [-0.05, 0) is 43.2 Å². The first kappa shape index (κ1) is 22.1. The number of nitrogens with zero attached hydrogens (tertiary/aromatic N) is 3. The van der Waals surface area contributed by atoms with Crippen LogP contribution in [0.5, 0.6) is 0 Å². The van der Waals surface area contributed by atoms with Gasteiger partial charge in [0.2, 0.25) is 5.91 Å². The largest absolute Gasteiger partial charge is 0.335 e. The second-order valence-corrected chi connectivity index (χ2v) is 8.90. The fourth-order valence-corrected chi connectivity index (χ4v) is 4.59. The second kappa shape index (κ2) is 9.58. The molecule has 2 heterocycles. The summed E-state index contributed by atoms with van der Waals surface area (Å²) in [5.74, 6) is -0.520. The molecule has 1 fully saturated rings. The van der Waals surface area contributed by atoms with Gasteiger partial charge in [-0.1, -0.05) is 24.3 Å². The number of benzene rings is 2. The van der Waals surface area contributed by atoms with Crippen molar-refractivity contribution >= 4 is 28.8 Å². The van der Waals surface area contributed by atoms with E-state index in [2.05, 4.69) is 10.3 Å². The van der Waals surface area contributed by atoms with Crippen molar-refractivity contribution in [2.24, 2.45) is 0 Å². The maximum Gasteiger partial charge on any atom is 0.265 e. The lowest BCUT2D eigenvalue weighted by Crippen LogP contribution is -2.50. The summed E-state index contributed by atoms with van der Waals surface area (Å²) in [6, 6.07) is 12.3. The topological polar surface area (TPSA) is 65.5 Å². The van der Waals surface area contributed by atoms with Crippen molar-refractivity contribution in [3.05, 3.63) is 70.5 Å². The number of hydrogen-bond donors (Lipinski definition) is 1. The molecule has 0 atom stereocenters. The van der Waals surface area contributed by atoms with Crippen LogP contribution in [0.1, 0.15) is 20.8 Å². The number of anilines is 1. The van der Waals surface area contributed by atoms with Gasteiger partial charge in [0.15, 0.2) is 0 Å². The van der Waals surface area contributed by atoms with Gasteiger partial charge in [0.25, 0.3) is 5.91 Å². The summed E-state index contributed by atoms with van der Waals surface area (Å²) in [6.45, 7) is 6.59. The minimum absolute atomic E-state index is 0.0598. The fourth-order valence-electron chi connectivity index (χ4n) is 3.68. The van der Waals surface area contributed by atoms with Crippen molar-refractivity contribution in [3.63, 3.8) is 0 Å². The number of rotatable bonds is 5. The SMILES string of the molecule is Cc1cccc(NC(=O)CN2CCN(C(=O)c3cnc(-c4ccccc4F)s3)CC2)c1C. The van der Waals surface area contributed by atoms with Gasteiger partial charge >= 0.3 is 0 Å². The lowest BCUT2D eigenvalue weighted by Gasteiger charge is -2.34. The molecule has 0 unspecified atom stereocenters. The van der Waals surface area contributed by atoms with Crippen LogP contribution >= 0.6 is 11.3 Å². The number of nitrogens with one attached hydrogen (secondary N) is 1. The third kappa shape index (κ3) is 4.87. The molecule has 0 bridgehead atoms. The molecule has 1 aromatic heterocycles. The van der Waals surface area contributed by atoms with E-state index in [4.69, 9.17) is 0 Å². The Morgan fingerprint density at radius 3 is 2.56 bits per heavy atom. The molecule has 3 aromatic rings. The lowest BCUT2D eigenvalue weighted by atomic mass is 10.1. The highest BCUT2D eigenvalue weighted by Crippen LogP contribution is 2.28. The molecular weight excluding hydrogens is 427 g/mol. The first-order valence-corrected chi connectivity index (χ1v) is 11.3. The molecule has 1 aliphatic heterocycles. The van der Waals surface area contributed by atoms with E-state index in [0.717, 1.165) is 16.8 Å². The van der Waals surface area contributed by atoms with Crippen LogP contribution in [-0.2, 0) is 4.79 Å². The standard InChI is InChI=1S/C24H25FN4O2S/c1-16-6-5-9-20(17(16)2)27-22(30)15-28-10-12-29(13-11-28)24(31)21-14-26-23(32-21)18-7-3-4-8-19(18)25/h3-9,14H,10-13,15H2,1-2H3,(H,27,30). The normalized spacial score (nSPS) is 14.4. The molecule has 1 aliphatic rings. The molecule has 6 nitrogen and oxygen atoms in total. The fraction of sp³-hybridized carbons (Fsp3) is 0.292. The van der Waals surface area contributed by atoms with Gasteiger partial charge in [-0.2, -0.15) is 0 Å². The average Bonchev–Trinajstić information content (AvgIpc) is 3.27. The van der Waals surface area contributed by atoms with Gasteiger partial charge in [-0.15, -0.1) is 11.3 Å². The quantitative estimate of drug-likeness (QED) is 0.636. The number of aromatic nitrogens is 1. The van der Waals surface area contributed by atoms with Crippen molar-refractivity contribution in [2.45, 2.75) is 13.8 Å². The highest BCUT2D eigenvalue weighted by atomic mass is 32.1. The van der Waals surface area contributed by atoms with Crippen LogP contribution in [0.4, 0.5) is 10.1 Å². The summed E-state index contributed by atoms with van der Waals surface area (Å²) in [5, 5.41) is 3.48. The highest BCUT2D eigenvalue weighted by Gasteiger charge is 2.25. The van der Waals surface area contributed by atoms with E-state index in [1.54, 1.807) is 23.1 Å². The van der Waals surface area contributed by atoms with Crippen LogP contribution in [0.3, 0.4) is 0 Å². The van der Waals surface area contributed by atoms with E-state index in [9.17, 15) is 14.0 Å². The molecule has 1 saturated heterocycles. The Labute approximate surface area is 190 Å². The molecule has 2 aromatic carbocycles. The number of carbonyl (C=O) groups excluding carboxylic acids is 2. The summed E-state index contributed by atoms with van der Waals surface area (Å²) >= 11 is 1.20. The predicted molar refractivity (Wildman–Crippen MR) is 124 cm³/mol. The lowest BCUT2D eigenvalue weighted by molar-refractivity contribution is -0.117. The van der Waals surface area contributed by atoms with Gasteiger partial charge in [-0.3, -0.25) is 14.5 Å².